The molecule has 25 heavy (non-hydrogen) atoms. The van der Waals surface area contributed by atoms with Crippen molar-refractivity contribution in [3.8, 4) is 0 Å². The molecule has 1 aliphatic rings. The summed E-state index contributed by atoms with van der Waals surface area (Å²) in [7, 11) is -3.44. The third kappa shape index (κ3) is 6.89. The van der Waals surface area contributed by atoms with Crippen molar-refractivity contribution < 1.29 is 18.0 Å². The van der Waals surface area contributed by atoms with E-state index in [0.29, 0.717) is 39.3 Å². The van der Waals surface area contributed by atoms with Crippen LogP contribution >= 0.6 is 0 Å². The average molecular weight is 378 g/mol. The molecule has 1 heterocycles. The molecule has 0 unspecified atom stereocenters. The zero-order valence-corrected chi connectivity index (χ0v) is 16.6. The first-order valence-electron chi connectivity index (χ1n) is 8.59. The fourth-order valence-electron chi connectivity index (χ4n) is 2.57. The number of hydrogen-bond acceptors (Lipinski definition) is 5. The number of carbonyl (C=O) groups excluding carboxylic acids is 2. The molecule has 9 nitrogen and oxygen atoms in total. The van der Waals surface area contributed by atoms with E-state index in [2.05, 4.69) is 10.6 Å². The lowest BCUT2D eigenvalue weighted by Gasteiger charge is -2.35. The maximum absolute atomic E-state index is 12.5. The van der Waals surface area contributed by atoms with Crippen LogP contribution < -0.4 is 10.6 Å². The molecule has 1 fully saturated rings. The number of nitrogens with one attached hydrogen (secondary N) is 2. The normalized spacial score (nSPS) is 17.5. The van der Waals surface area contributed by atoms with Gasteiger partial charge in [-0.2, -0.15) is 17.0 Å². The molecule has 0 aromatic rings. The number of urea groups is 1. The molecule has 3 amide bonds. The Morgan fingerprint density at radius 1 is 1.04 bits per heavy atom. The Kier molecular flexibility index (Phi) is 7.79. The highest BCUT2D eigenvalue weighted by Crippen LogP contribution is 2.11. The Labute approximate surface area is 150 Å². The van der Waals surface area contributed by atoms with Gasteiger partial charge in [-0.05, 0) is 20.8 Å². The minimum absolute atomic E-state index is 0.0662. The van der Waals surface area contributed by atoms with E-state index in [1.165, 1.54) is 8.61 Å². The number of amides is 3. The van der Waals surface area contributed by atoms with Gasteiger partial charge in [0, 0.05) is 44.8 Å². The lowest BCUT2D eigenvalue weighted by atomic mass is 10.1. The molecule has 1 saturated heterocycles. The van der Waals surface area contributed by atoms with Gasteiger partial charge in [-0.25, -0.2) is 4.79 Å². The highest BCUT2D eigenvalue weighted by molar-refractivity contribution is 7.86. The standard InChI is InChI=1S/C15H31N5O4S/c1-6-19(7-2)25(23,24)20-10-8-18(9-11-20)12-13(21)16-14(22)17-15(3,4)5/h6-12H2,1-5H3,(H2,16,17,21,22). The summed E-state index contributed by atoms with van der Waals surface area (Å²) in [6, 6.07) is -0.528. The zero-order chi connectivity index (χ0) is 19.3. The van der Waals surface area contributed by atoms with Crippen LogP contribution in [0.2, 0.25) is 0 Å². The van der Waals surface area contributed by atoms with Crippen LogP contribution in [0.1, 0.15) is 34.6 Å². The van der Waals surface area contributed by atoms with Crippen LogP contribution in [0.25, 0.3) is 0 Å². The number of nitrogens with zero attached hydrogens (tertiary/aromatic N) is 3. The van der Waals surface area contributed by atoms with Crippen LogP contribution in [0.3, 0.4) is 0 Å². The second-order valence-electron chi connectivity index (χ2n) is 7.02. The average Bonchev–Trinajstić information content (AvgIpc) is 2.46. The van der Waals surface area contributed by atoms with Crippen molar-refractivity contribution in [2.45, 2.75) is 40.2 Å². The fourth-order valence-corrected chi connectivity index (χ4v) is 4.18. The first-order chi connectivity index (χ1) is 11.5. The van der Waals surface area contributed by atoms with Crippen molar-refractivity contribution in [2.75, 3.05) is 45.8 Å². The highest BCUT2D eigenvalue weighted by atomic mass is 32.2. The molecule has 1 aliphatic heterocycles. The van der Waals surface area contributed by atoms with Crippen molar-refractivity contribution in [1.29, 1.82) is 0 Å². The molecule has 1 rings (SSSR count). The molecule has 0 bridgehead atoms. The SMILES string of the molecule is CCN(CC)S(=O)(=O)N1CCN(CC(=O)NC(=O)NC(C)(C)C)CC1. The third-order valence-electron chi connectivity index (χ3n) is 3.80. The van der Waals surface area contributed by atoms with Gasteiger partial charge in [0.2, 0.25) is 5.91 Å². The van der Waals surface area contributed by atoms with E-state index >= 15 is 0 Å². The van der Waals surface area contributed by atoms with Gasteiger partial charge in [-0.1, -0.05) is 13.8 Å². The van der Waals surface area contributed by atoms with E-state index in [4.69, 9.17) is 0 Å². The number of rotatable bonds is 6. The molecular formula is C15H31N5O4S. The third-order valence-corrected chi connectivity index (χ3v) is 5.98. The summed E-state index contributed by atoms with van der Waals surface area (Å²) in [4.78, 5) is 25.5. The minimum atomic E-state index is -3.44. The molecule has 0 atom stereocenters. The van der Waals surface area contributed by atoms with E-state index in [1.807, 2.05) is 39.5 Å². The summed E-state index contributed by atoms with van der Waals surface area (Å²) in [5.41, 5.74) is -0.422. The molecule has 0 aromatic carbocycles. The van der Waals surface area contributed by atoms with Crippen molar-refractivity contribution in [3.05, 3.63) is 0 Å². The molecular weight excluding hydrogens is 346 g/mol. The molecule has 0 aliphatic carbocycles. The minimum Gasteiger partial charge on any atom is -0.333 e. The predicted molar refractivity (Wildman–Crippen MR) is 96.3 cm³/mol. The quantitative estimate of drug-likeness (QED) is 0.668. The topological polar surface area (TPSA) is 102 Å². The summed E-state index contributed by atoms with van der Waals surface area (Å²) >= 11 is 0. The van der Waals surface area contributed by atoms with E-state index in [1.54, 1.807) is 0 Å². The Morgan fingerprint density at radius 3 is 2.00 bits per heavy atom. The number of imide groups is 1. The van der Waals surface area contributed by atoms with Crippen molar-refractivity contribution in [3.63, 3.8) is 0 Å². The van der Waals surface area contributed by atoms with E-state index in [9.17, 15) is 18.0 Å². The summed E-state index contributed by atoms with van der Waals surface area (Å²) in [5.74, 6) is -0.401. The Hall–Kier alpha value is -1.23. The van der Waals surface area contributed by atoms with Crippen LogP contribution in [-0.2, 0) is 15.0 Å². The number of hydrogen-bond donors (Lipinski definition) is 2. The van der Waals surface area contributed by atoms with E-state index in [0.717, 1.165) is 0 Å². The largest absolute Gasteiger partial charge is 0.333 e. The summed E-state index contributed by atoms with van der Waals surface area (Å²) < 4.78 is 27.8. The molecule has 10 heteroatoms. The van der Waals surface area contributed by atoms with E-state index < -0.39 is 27.7 Å². The smallest absolute Gasteiger partial charge is 0.321 e. The van der Waals surface area contributed by atoms with Crippen molar-refractivity contribution in [1.82, 2.24) is 24.1 Å². The van der Waals surface area contributed by atoms with Crippen molar-refractivity contribution in [2.24, 2.45) is 0 Å². The van der Waals surface area contributed by atoms with Gasteiger partial charge in [-0.15, -0.1) is 0 Å². The Balaban J connectivity index is 2.47. The first kappa shape index (κ1) is 21.8. The van der Waals surface area contributed by atoms with Crippen LogP contribution in [0.15, 0.2) is 0 Å². The van der Waals surface area contributed by atoms with Crippen LogP contribution in [0.5, 0.6) is 0 Å². The summed E-state index contributed by atoms with van der Waals surface area (Å²) in [5, 5.41) is 4.95. The van der Waals surface area contributed by atoms with Crippen LogP contribution in [0.4, 0.5) is 4.79 Å². The van der Waals surface area contributed by atoms with Gasteiger partial charge in [0.05, 0.1) is 6.54 Å². The van der Waals surface area contributed by atoms with Gasteiger partial charge < -0.3 is 5.32 Å². The maximum atomic E-state index is 12.5. The molecule has 0 saturated carbocycles. The second kappa shape index (κ2) is 8.93. The van der Waals surface area contributed by atoms with Crippen molar-refractivity contribution >= 4 is 22.1 Å². The van der Waals surface area contributed by atoms with Gasteiger partial charge in [0.1, 0.15) is 0 Å². The highest BCUT2D eigenvalue weighted by Gasteiger charge is 2.31. The Bertz CT molecular complexity index is 561. The lowest BCUT2D eigenvalue weighted by molar-refractivity contribution is -0.121. The molecule has 0 spiro atoms. The molecule has 0 aromatic heterocycles. The second-order valence-corrected chi connectivity index (χ2v) is 8.95. The monoisotopic (exact) mass is 377 g/mol. The van der Waals surface area contributed by atoms with E-state index in [-0.39, 0.29) is 6.54 Å². The summed E-state index contributed by atoms with van der Waals surface area (Å²) in [6.45, 7) is 11.6. The molecule has 146 valence electrons. The van der Waals surface area contributed by atoms with Gasteiger partial charge in [-0.3, -0.25) is 15.0 Å². The lowest BCUT2D eigenvalue weighted by Crippen LogP contribution is -2.55. The predicted octanol–water partition coefficient (Wildman–Crippen LogP) is -0.185. The number of carbonyl (C=O) groups is 2. The van der Waals surface area contributed by atoms with Gasteiger partial charge in [0.15, 0.2) is 0 Å². The summed E-state index contributed by atoms with van der Waals surface area (Å²) in [6.07, 6.45) is 0. The maximum Gasteiger partial charge on any atom is 0.321 e. The fraction of sp³-hybridized carbons (Fsp3) is 0.867. The van der Waals surface area contributed by atoms with Gasteiger partial charge in [0.25, 0.3) is 10.2 Å². The molecule has 2 N–H and O–H groups in total. The van der Waals surface area contributed by atoms with Crippen LogP contribution in [0, 0.1) is 0 Å². The zero-order valence-electron chi connectivity index (χ0n) is 15.8. The first-order valence-corrected chi connectivity index (χ1v) is 9.99. The van der Waals surface area contributed by atoms with Crippen LogP contribution in [-0.4, -0.2) is 85.2 Å². The Morgan fingerprint density at radius 2 is 1.56 bits per heavy atom. The number of piperazine rings is 1. The molecule has 0 radical (unpaired) electrons. The van der Waals surface area contributed by atoms with Gasteiger partial charge >= 0.3 is 6.03 Å².